The molecule has 0 bridgehead atoms. The van der Waals surface area contributed by atoms with Gasteiger partial charge in [-0.1, -0.05) is 19.1 Å². The smallest absolute Gasteiger partial charge is 0.184 e. The Balaban J connectivity index is 2.01. The van der Waals surface area contributed by atoms with E-state index >= 15 is 0 Å². The molecule has 1 heterocycles. The second-order valence-corrected chi connectivity index (χ2v) is 4.31. The third-order valence-electron chi connectivity index (χ3n) is 2.52. The van der Waals surface area contributed by atoms with Crippen LogP contribution in [-0.4, -0.2) is 25.2 Å². The Morgan fingerprint density at radius 1 is 1.47 bits per heavy atom. The number of rotatable bonds is 5. The second kappa shape index (κ2) is 6.24. The molecule has 3 nitrogen and oxygen atoms in total. The average Bonchev–Trinajstić information content (AvgIpc) is 2.85. The molecule has 0 radical (unpaired) electrons. The standard InChI is InChI=1S/C13H17ClO3/c1-2-6-15-11-5-3-4-10(7-11)13-16-9-12(8-14)17-13/h3-5,7,12-13H,2,6,8-9H2,1H3. The van der Waals surface area contributed by atoms with E-state index in [2.05, 4.69) is 6.92 Å². The zero-order valence-electron chi connectivity index (χ0n) is 9.90. The van der Waals surface area contributed by atoms with Gasteiger partial charge in [-0.25, -0.2) is 0 Å². The van der Waals surface area contributed by atoms with Crippen LogP contribution in [-0.2, 0) is 9.47 Å². The normalized spacial score (nSPS) is 23.9. The number of hydrogen-bond donors (Lipinski definition) is 0. The van der Waals surface area contributed by atoms with Gasteiger partial charge in [0.2, 0.25) is 0 Å². The molecule has 1 aromatic carbocycles. The molecule has 2 atom stereocenters. The Kier molecular flexibility index (Phi) is 4.66. The van der Waals surface area contributed by atoms with Crippen LogP contribution >= 0.6 is 11.6 Å². The van der Waals surface area contributed by atoms with Crippen molar-refractivity contribution in [1.29, 1.82) is 0 Å². The fourth-order valence-electron chi connectivity index (χ4n) is 1.67. The fraction of sp³-hybridized carbons (Fsp3) is 0.538. The van der Waals surface area contributed by atoms with Crippen LogP contribution in [0.25, 0.3) is 0 Å². The summed E-state index contributed by atoms with van der Waals surface area (Å²) >= 11 is 5.73. The Labute approximate surface area is 107 Å². The first-order chi connectivity index (χ1) is 8.33. The van der Waals surface area contributed by atoms with Crippen molar-refractivity contribution in [3.8, 4) is 5.75 Å². The van der Waals surface area contributed by atoms with E-state index in [0.29, 0.717) is 12.5 Å². The lowest BCUT2D eigenvalue weighted by Crippen LogP contribution is -2.10. The van der Waals surface area contributed by atoms with Gasteiger partial charge in [0.05, 0.1) is 25.2 Å². The van der Waals surface area contributed by atoms with Crippen LogP contribution in [0.5, 0.6) is 5.75 Å². The van der Waals surface area contributed by atoms with Crippen LogP contribution in [0, 0.1) is 0 Å². The summed E-state index contributed by atoms with van der Waals surface area (Å²) in [5.74, 6) is 1.31. The summed E-state index contributed by atoms with van der Waals surface area (Å²) in [5, 5.41) is 0. The summed E-state index contributed by atoms with van der Waals surface area (Å²) in [6.07, 6.45) is 0.667. The first kappa shape index (κ1) is 12.7. The predicted molar refractivity (Wildman–Crippen MR) is 66.5 cm³/mol. The van der Waals surface area contributed by atoms with Crippen molar-refractivity contribution in [2.24, 2.45) is 0 Å². The lowest BCUT2D eigenvalue weighted by Gasteiger charge is -2.12. The molecule has 0 spiro atoms. The molecule has 17 heavy (non-hydrogen) atoms. The molecule has 1 aliphatic heterocycles. The van der Waals surface area contributed by atoms with E-state index < -0.39 is 0 Å². The molecule has 94 valence electrons. The molecule has 2 unspecified atom stereocenters. The fourth-order valence-corrected chi connectivity index (χ4v) is 1.84. The van der Waals surface area contributed by atoms with Gasteiger partial charge in [-0.3, -0.25) is 0 Å². The highest BCUT2D eigenvalue weighted by Gasteiger charge is 2.26. The molecule has 4 heteroatoms. The lowest BCUT2D eigenvalue weighted by atomic mass is 10.2. The van der Waals surface area contributed by atoms with Gasteiger partial charge in [0.15, 0.2) is 6.29 Å². The summed E-state index contributed by atoms with van der Waals surface area (Å²) in [4.78, 5) is 0. The maximum Gasteiger partial charge on any atom is 0.184 e. The van der Waals surface area contributed by atoms with E-state index in [1.807, 2.05) is 24.3 Å². The predicted octanol–water partition coefficient (Wildman–Crippen LogP) is 3.13. The zero-order valence-corrected chi connectivity index (χ0v) is 10.7. The van der Waals surface area contributed by atoms with Gasteiger partial charge < -0.3 is 14.2 Å². The third-order valence-corrected chi connectivity index (χ3v) is 2.87. The highest BCUT2D eigenvalue weighted by Crippen LogP contribution is 2.29. The minimum atomic E-state index is -0.316. The van der Waals surface area contributed by atoms with Gasteiger partial charge in [-0.05, 0) is 18.6 Å². The van der Waals surface area contributed by atoms with Crippen molar-refractivity contribution in [1.82, 2.24) is 0 Å². The quantitative estimate of drug-likeness (QED) is 0.758. The number of hydrogen-bond acceptors (Lipinski definition) is 3. The van der Waals surface area contributed by atoms with Crippen molar-refractivity contribution in [2.45, 2.75) is 25.7 Å². The Hall–Kier alpha value is -0.770. The van der Waals surface area contributed by atoms with Crippen LogP contribution in [0.3, 0.4) is 0 Å². The van der Waals surface area contributed by atoms with Crippen LogP contribution in [0.15, 0.2) is 24.3 Å². The molecule has 1 aromatic rings. The van der Waals surface area contributed by atoms with Crippen LogP contribution < -0.4 is 4.74 Å². The molecule has 0 saturated carbocycles. The number of alkyl halides is 1. The van der Waals surface area contributed by atoms with Crippen molar-refractivity contribution >= 4 is 11.6 Å². The van der Waals surface area contributed by atoms with Crippen molar-refractivity contribution in [3.05, 3.63) is 29.8 Å². The van der Waals surface area contributed by atoms with Crippen molar-refractivity contribution in [3.63, 3.8) is 0 Å². The maximum atomic E-state index is 5.73. The molecule has 0 N–H and O–H groups in total. The van der Waals surface area contributed by atoms with Crippen LogP contribution in [0.2, 0.25) is 0 Å². The first-order valence-corrected chi connectivity index (χ1v) is 6.42. The minimum Gasteiger partial charge on any atom is -0.494 e. The Morgan fingerprint density at radius 3 is 3.06 bits per heavy atom. The summed E-state index contributed by atoms with van der Waals surface area (Å²) in [7, 11) is 0. The van der Waals surface area contributed by atoms with E-state index in [0.717, 1.165) is 24.3 Å². The van der Waals surface area contributed by atoms with Gasteiger partial charge in [0.25, 0.3) is 0 Å². The molecule has 0 amide bonds. The number of benzene rings is 1. The third kappa shape index (κ3) is 3.35. The minimum absolute atomic E-state index is 0.0121. The van der Waals surface area contributed by atoms with E-state index in [1.54, 1.807) is 0 Å². The van der Waals surface area contributed by atoms with Crippen molar-refractivity contribution < 1.29 is 14.2 Å². The molecular weight excluding hydrogens is 240 g/mol. The highest BCUT2D eigenvalue weighted by atomic mass is 35.5. The topological polar surface area (TPSA) is 27.7 Å². The Morgan fingerprint density at radius 2 is 2.35 bits per heavy atom. The molecule has 1 aliphatic rings. The lowest BCUT2D eigenvalue weighted by molar-refractivity contribution is -0.0568. The van der Waals surface area contributed by atoms with E-state index in [9.17, 15) is 0 Å². The summed E-state index contributed by atoms with van der Waals surface area (Å²) < 4.78 is 16.8. The Bertz CT molecular complexity index is 356. The maximum absolute atomic E-state index is 5.73. The summed E-state index contributed by atoms with van der Waals surface area (Å²) in [5.41, 5.74) is 0.978. The van der Waals surface area contributed by atoms with Gasteiger partial charge in [0.1, 0.15) is 5.75 Å². The van der Waals surface area contributed by atoms with E-state index in [1.165, 1.54) is 0 Å². The number of halogens is 1. The molecule has 1 fully saturated rings. The van der Waals surface area contributed by atoms with Crippen LogP contribution in [0.4, 0.5) is 0 Å². The average molecular weight is 257 g/mol. The second-order valence-electron chi connectivity index (χ2n) is 4.00. The van der Waals surface area contributed by atoms with Gasteiger partial charge in [-0.2, -0.15) is 0 Å². The summed E-state index contributed by atoms with van der Waals surface area (Å²) in [6.45, 7) is 3.35. The van der Waals surface area contributed by atoms with Gasteiger partial charge in [-0.15, -0.1) is 11.6 Å². The molecule has 2 rings (SSSR count). The van der Waals surface area contributed by atoms with Crippen LogP contribution in [0.1, 0.15) is 25.2 Å². The monoisotopic (exact) mass is 256 g/mol. The zero-order chi connectivity index (χ0) is 12.1. The van der Waals surface area contributed by atoms with E-state index in [4.69, 9.17) is 25.8 Å². The molecule has 0 aliphatic carbocycles. The SMILES string of the molecule is CCCOc1cccc(C2OCC(CCl)O2)c1. The first-order valence-electron chi connectivity index (χ1n) is 5.89. The van der Waals surface area contributed by atoms with E-state index in [-0.39, 0.29) is 12.4 Å². The number of ether oxygens (including phenoxy) is 3. The van der Waals surface area contributed by atoms with Crippen molar-refractivity contribution in [2.75, 3.05) is 19.1 Å². The molecule has 1 saturated heterocycles. The molecular formula is C13H17ClO3. The van der Waals surface area contributed by atoms with Gasteiger partial charge in [0, 0.05) is 5.56 Å². The summed E-state index contributed by atoms with van der Waals surface area (Å²) in [6, 6.07) is 7.81. The highest BCUT2D eigenvalue weighted by molar-refractivity contribution is 6.18. The van der Waals surface area contributed by atoms with Gasteiger partial charge >= 0.3 is 0 Å². The largest absolute Gasteiger partial charge is 0.494 e. The molecule has 0 aromatic heterocycles.